The minimum atomic E-state index is -1.01. The number of anilines is 1. The van der Waals surface area contributed by atoms with E-state index in [0.717, 1.165) is 16.7 Å². The Hall–Kier alpha value is -4.52. The normalized spacial score (nSPS) is 11.8. The van der Waals surface area contributed by atoms with Crippen LogP contribution in [0.4, 0.5) is 14.5 Å². The molecule has 2 aromatic heterocycles. The summed E-state index contributed by atoms with van der Waals surface area (Å²) in [5.41, 5.74) is -0.741. The van der Waals surface area contributed by atoms with Gasteiger partial charge in [-0.1, -0.05) is 38.0 Å². The Morgan fingerprint density at radius 2 is 2.11 bits per heavy atom. The number of H-pyrrole nitrogens is 1. The van der Waals surface area contributed by atoms with Crippen molar-refractivity contribution in [2.75, 3.05) is 11.9 Å². The van der Waals surface area contributed by atoms with Crippen LogP contribution in [0.25, 0.3) is 16.7 Å². The van der Waals surface area contributed by atoms with Gasteiger partial charge in [0.25, 0.3) is 5.56 Å². The SMILES string of the molecule is C#C/C=C\C=C(\F)Cc1nc2c(cc1F)c(=O)[nH]c(=O)n2-c1c(NCCC(=O)O)cccc1C(C)C. The van der Waals surface area contributed by atoms with Gasteiger partial charge in [-0.25, -0.2) is 23.1 Å². The lowest BCUT2D eigenvalue weighted by molar-refractivity contribution is -0.136. The van der Waals surface area contributed by atoms with Gasteiger partial charge in [0.1, 0.15) is 11.6 Å². The first-order chi connectivity index (χ1) is 17.1. The lowest BCUT2D eigenvalue weighted by atomic mass is 9.99. The molecule has 0 atom stereocenters. The number of aromatic amines is 1. The monoisotopic (exact) mass is 494 g/mol. The summed E-state index contributed by atoms with van der Waals surface area (Å²) < 4.78 is 30.3. The summed E-state index contributed by atoms with van der Waals surface area (Å²) in [6.07, 6.45) is 7.98. The highest BCUT2D eigenvalue weighted by Crippen LogP contribution is 2.31. The van der Waals surface area contributed by atoms with E-state index in [4.69, 9.17) is 11.5 Å². The van der Waals surface area contributed by atoms with Crippen LogP contribution in [0.15, 0.2) is 57.9 Å². The van der Waals surface area contributed by atoms with Gasteiger partial charge in [0.2, 0.25) is 0 Å². The molecule has 8 nitrogen and oxygen atoms in total. The van der Waals surface area contributed by atoms with E-state index in [2.05, 4.69) is 21.2 Å². The second-order valence-corrected chi connectivity index (χ2v) is 8.17. The molecule has 3 aromatic rings. The topological polar surface area (TPSA) is 117 Å². The van der Waals surface area contributed by atoms with E-state index in [-0.39, 0.29) is 35.6 Å². The Bertz CT molecular complexity index is 1530. The number of carbonyl (C=O) groups is 1. The molecule has 0 saturated carbocycles. The number of para-hydroxylation sites is 1. The largest absolute Gasteiger partial charge is 0.481 e. The van der Waals surface area contributed by atoms with Gasteiger partial charge in [0.05, 0.1) is 28.9 Å². The second-order valence-electron chi connectivity index (χ2n) is 8.17. The summed E-state index contributed by atoms with van der Waals surface area (Å²) in [6.45, 7) is 3.84. The number of pyridine rings is 1. The molecule has 0 unspecified atom stereocenters. The van der Waals surface area contributed by atoms with Crippen LogP contribution in [0, 0.1) is 18.2 Å². The number of carboxylic acids is 1. The number of aromatic nitrogens is 3. The van der Waals surface area contributed by atoms with Crippen molar-refractivity contribution < 1.29 is 18.7 Å². The number of nitrogens with one attached hydrogen (secondary N) is 2. The highest BCUT2D eigenvalue weighted by molar-refractivity contribution is 5.79. The maximum Gasteiger partial charge on any atom is 0.334 e. The molecule has 3 N–H and O–H groups in total. The molecule has 0 aliphatic rings. The lowest BCUT2D eigenvalue weighted by Gasteiger charge is -2.20. The fourth-order valence-corrected chi connectivity index (χ4v) is 3.65. The molecule has 36 heavy (non-hydrogen) atoms. The van der Waals surface area contributed by atoms with Crippen molar-refractivity contribution in [1.82, 2.24) is 14.5 Å². The molecule has 3 rings (SSSR count). The summed E-state index contributed by atoms with van der Waals surface area (Å²) in [7, 11) is 0. The molecular formula is C26H24F2N4O4. The van der Waals surface area contributed by atoms with E-state index in [1.54, 1.807) is 18.2 Å². The molecule has 0 radical (unpaired) electrons. The molecule has 0 saturated heterocycles. The van der Waals surface area contributed by atoms with Crippen LogP contribution >= 0.6 is 0 Å². The van der Waals surface area contributed by atoms with Gasteiger partial charge in [-0.15, -0.1) is 6.42 Å². The molecule has 0 spiro atoms. The number of hydrogen-bond donors (Lipinski definition) is 3. The van der Waals surface area contributed by atoms with Crippen LogP contribution in [0.3, 0.4) is 0 Å². The van der Waals surface area contributed by atoms with Crippen molar-refractivity contribution in [2.45, 2.75) is 32.6 Å². The molecule has 0 aliphatic carbocycles. The van der Waals surface area contributed by atoms with Crippen molar-refractivity contribution in [1.29, 1.82) is 0 Å². The minimum absolute atomic E-state index is 0.0639. The molecule has 0 bridgehead atoms. The Balaban J connectivity index is 2.30. The Kier molecular flexibility index (Phi) is 8.17. The van der Waals surface area contributed by atoms with E-state index < -0.39 is 35.3 Å². The van der Waals surface area contributed by atoms with Crippen LogP contribution in [0.1, 0.15) is 37.4 Å². The molecule has 1 aromatic carbocycles. The molecule has 186 valence electrons. The number of carboxylic acid groups (broad SMARTS) is 1. The number of benzene rings is 1. The number of halogens is 2. The number of fused-ring (bicyclic) bond motifs is 1. The number of allylic oxidation sites excluding steroid dienone is 4. The average Bonchev–Trinajstić information content (AvgIpc) is 2.80. The van der Waals surface area contributed by atoms with Crippen LogP contribution in [0.2, 0.25) is 0 Å². The van der Waals surface area contributed by atoms with Crippen LogP contribution < -0.4 is 16.6 Å². The van der Waals surface area contributed by atoms with E-state index in [0.29, 0.717) is 16.9 Å². The Morgan fingerprint density at radius 3 is 2.78 bits per heavy atom. The minimum Gasteiger partial charge on any atom is -0.481 e. The molecule has 0 aliphatic heterocycles. The zero-order valence-electron chi connectivity index (χ0n) is 19.6. The van der Waals surface area contributed by atoms with Crippen molar-refractivity contribution in [3.8, 4) is 18.0 Å². The van der Waals surface area contributed by atoms with Gasteiger partial charge < -0.3 is 10.4 Å². The van der Waals surface area contributed by atoms with Gasteiger partial charge >= 0.3 is 11.7 Å². The van der Waals surface area contributed by atoms with Gasteiger partial charge in [-0.05, 0) is 35.8 Å². The zero-order valence-corrected chi connectivity index (χ0v) is 19.6. The standard InChI is InChI=1S/C26H24F2N4O4/c1-4-5-6-8-16(27)13-21-19(28)14-18-24(30-21)32(26(36)31-25(18)35)23-17(15(2)3)9-7-10-20(23)29-12-11-22(33)34/h1,5-10,14-15,29H,11-13H2,2-3H3,(H,33,34)(H,31,35,36)/b6-5-,16-8+. The van der Waals surface area contributed by atoms with Crippen LogP contribution in [0.5, 0.6) is 0 Å². The van der Waals surface area contributed by atoms with Crippen molar-refractivity contribution in [2.24, 2.45) is 0 Å². The molecular weight excluding hydrogens is 470 g/mol. The molecule has 0 amide bonds. The summed E-state index contributed by atoms with van der Waals surface area (Å²) in [6, 6.07) is 6.07. The smallest absolute Gasteiger partial charge is 0.334 e. The molecule has 0 fully saturated rings. The van der Waals surface area contributed by atoms with Gasteiger partial charge in [-0.2, -0.15) is 0 Å². The first kappa shape index (κ1) is 26.1. The maximum absolute atomic E-state index is 14.8. The van der Waals surface area contributed by atoms with Gasteiger partial charge in [-0.3, -0.25) is 14.6 Å². The third-order valence-electron chi connectivity index (χ3n) is 5.28. The summed E-state index contributed by atoms with van der Waals surface area (Å²) in [4.78, 5) is 43.0. The third-order valence-corrected chi connectivity index (χ3v) is 5.28. The number of terminal acetylenes is 1. The fraction of sp³-hybridized carbons (Fsp3) is 0.231. The highest BCUT2D eigenvalue weighted by Gasteiger charge is 2.21. The lowest BCUT2D eigenvalue weighted by Crippen LogP contribution is -2.31. The molecule has 10 heteroatoms. The summed E-state index contributed by atoms with van der Waals surface area (Å²) >= 11 is 0. The zero-order chi connectivity index (χ0) is 26.4. The fourth-order valence-electron chi connectivity index (χ4n) is 3.65. The predicted molar refractivity (Wildman–Crippen MR) is 134 cm³/mol. The van der Waals surface area contributed by atoms with E-state index in [1.807, 2.05) is 13.8 Å². The average molecular weight is 494 g/mol. The number of rotatable bonds is 9. The quantitative estimate of drug-likeness (QED) is 0.308. The molecule has 2 heterocycles. The second kappa shape index (κ2) is 11.3. The number of aliphatic carboxylic acids is 1. The van der Waals surface area contributed by atoms with Crippen LogP contribution in [-0.2, 0) is 11.2 Å². The van der Waals surface area contributed by atoms with Crippen LogP contribution in [-0.4, -0.2) is 32.2 Å². The van der Waals surface area contributed by atoms with E-state index >= 15 is 0 Å². The maximum atomic E-state index is 14.8. The predicted octanol–water partition coefficient (Wildman–Crippen LogP) is 3.81. The first-order valence-corrected chi connectivity index (χ1v) is 11.0. The van der Waals surface area contributed by atoms with E-state index in [9.17, 15) is 23.2 Å². The van der Waals surface area contributed by atoms with Gasteiger partial charge in [0.15, 0.2) is 5.65 Å². The summed E-state index contributed by atoms with van der Waals surface area (Å²) in [5.74, 6) is -0.553. The highest BCUT2D eigenvalue weighted by atomic mass is 19.1. The first-order valence-electron chi connectivity index (χ1n) is 11.0. The van der Waals surface area contributed by atoms with Crippen molar-refractivity contribution in [3.05, 3.63) is 86.2 Å². The number of nitrogens with zero attached hydrogens (tertiary/aromatic N) is 2. The van der Waals surface area contributed by atoms with Crippen molar-refractivity contribution in [3.63, 3.8) is 0 Å². The number of hydrogen-bond acceptors (Lipinski definition) is 5. The Labute approximate surface area is 205 Å². The Morgan fingerprint density at radius 1 is 1.36 bits per heavy atom. The van der Waals surface area contributed by atoms with Crippen molar-refractivity contribution >= 4 is 22.7 Å². The summed E-state index contributed by atoms with van der Waals surface area (Å²) in [5, 5.41) is 11.8. The van der Waals surface area contributed by atoms with E-state index in [1.165, 1.54) is 12.2 Å². The third kappa shape index (κ3) is 5.75. The van der Waals surface area contributed by atoms with Gasteiger partial charge in [0, 0.05) is 13.0 Å².